The van der Waals surface area contributed by atoms with E-state index in [1.165, 1.54) is 11.0 Å². The van der Waals surface area contributed by atoms with E-state index in [9.17, 15) is 9.59 Å². The summed E-state index contributed by atoms with van der Waals surface area (Å²) in [6.07, 6.45) is 1.45. The highest BCUT2D eigenvalue weighted by atomic mass is 16.5. The molecule has 3 rings (SSSR count). The van der Waals surface area contributed by atoms with Gasteiger partial charge in [0, 0.05) is 24.1 Å². The summed E-state index contributed by atoms with van der Waals surface area (Å²) in [5.41, 5.74) is 3.39. The number of hydrogen-bond acceptors (Lipinski definition) is 7. The van der Waals surface area contributed by atoms with Crippen molar-refractivity contribution in [1.82, 2.24) is 24.8 Å². The lowest BCUT2D eigenvalue weighted by Crippen LogP contribution is -2.17. The molecule has 0 N–H and O–H groups in total. The zero-order valence-electron chi connectivity index (χ0n) is 16.8. The van der Waals surface area contributed by atoms with E-state index >= 15 is 0 Å². The number of aryl methyl sites for hydroxylation is 1. The Balaban J connectivity index is 1.65. The molecule has 0 saturated carbocycles. The second-order valence-electron chi connectivity index (χ2n) is 6.76. The lowest BCUT2D eigenvalue weighted by atomic mass is 10.1. The van der Waals surface area contributed by atoms with Gasteiger partial charge in [-0.15, -0.1) is 5.10 Å². The van der Waals surface area contributed by atoms with Gasteiger partial charge in [-0.05, 0) is 61.5 Å². The topological polar surface area (TPSA) is 101 Å². The molecule has 0 spiro atoms. The smallest absolute Gasteiger partial charge is 0.338 e. The van der Waals surface area contributed by atoms with Crippen molar-refractivity contribution >= 4 is 11.8 Å². The van der Waals surface area contributed by atoms with Crippen LogP contribution < -0.4 is 0 Å². The van der Waals surface area contributed by atoms with Crippen LogP contribution in [0.3, 0.4) is 0 Å². The van der Waals surface area contributed by atoms with E-state index in [0.717, 1.165) is 11.4 Å². The monoisotopic (exact) mass is 397 g/mol. The molecular weight excluding hydrogens is 374 g/mol. The molecule has 0 aliphatic rings. The van der Waals surface area contributed by atoms with Gasteiger partial charge in [0.05, 0.1) is 23.9 Å². The second-order valence-corrected chi connectivity index (χ2v) is 6.76. The molecule has 1 atom stereocenters. The Hall–Kier alpha value is -3.33. The van der Waals surface area contributed by atoms with Crippen LogP contribution in [0, 0.1) is 13.8 Å². The molecule has 2 heterocycles. The minimum absolute atomic E-state index is 0.0998. The van der Waals surface area contributed by atoms with Gasteiger partial charge in [-0.3, -0.25) is 4.79 Å². The van der Waals surface area contributed by atoms with E-state index in [1.807, 2.05) is 26.8 Å². The molecule has 0 bridgehead atoms. The molecule has 9 nitrogen and oxygen atoms in total. The maximum absolute atomic E-state index is 12.6. The quantitative estimate of drug-likeness (QED) is 0.425. The first-order valence-electron chi connectivity index (χ1n) is 9.13. The number of carbonyl (C=O) groups is 2. The van der Waals surface area contributed by atoms with E-state index in [1.54, 1.807) is 31.4 Å². The van der Waals surface area contributed by atoms with Crippen LogP contribution in [0.2, 0.25) is 0 Å². The number of methoxy groups -OCH3 is 1. The second kappa shape index (κ2) is 8.78. The van der Waals surface area contributed by atoms with Crippen molar-refractivity contribution in [2.75, 3.05) is 20.3 Å². The van der Waals surface area contributed by atoms with E-state index in [0.29, 0.717) is 23.4 Å². The van der Waals surface area contributed by atoms with Crippen LogP contribution in [0.25, 0.3) is 5.69 Å². The van der Waals surface area contributed by atoms with Gasteiger partial charge in [0.1, 0.15) is 6.33 Å². The highest BCUT2D eigenvalue weighted by Crippen LogP contribution is 2.21. The Morgan fingerprint density at radius 2 is 1.90 bits per heavy atom. The maximum Gasteiger partial charge on any atom is 0.338 e. The summed E-state index contributed by atoms with van der Waals surface area (Å²) < 4.78 is 14.0. The summed E-state index contributed by atoms with van der Waals surface area (Å²) in [6, 6.07) is 8.50. The molecule has 0 radical (unpaired) electrons. The van der Waals surface area contributed by atoms with Crippen molar-refractivity contribution in [3.05, 3.63) is 59.2 Å². The lowest BCUT2D eigenvalue weighted by Gasteiger charge is -2.17. The predicted octanol–water partition coefficient (Wildman–Crippen LogP) is 2.33. The normalized spacial score (nSPS) is 12.0. The van der Waals surface area contributed by atoms with Gasteiger partial charge >= 0.3 is 5.97 Å². The first kappa shape index (κ1) is 20.4. The minimum atomic E-state index is -0.567. The van der Waals surface area contributed by atoms with Crippen molar-refractivity contribution in [2.24, 2.45) is 0 Å². The Morgan fingerprint density at radius 3 is 2.52 bits per heavy atom. The third-order valence-electron chi connectivity index (χ3n) is 4.68. The number of tetrazole rings is 1. The third kappa shape index (κ3) is 4.40. The average molecular weight is 397 g/mol. The first-order valence-corrected chi connectivity index (χ1v) is 9.13. The zero-order chi connectivity index (χ0) is 21.0. The standard InChI is InChI=1S/C20H23N5O4/c1-13-9-18(15(3)25(13)14(2)10-28-4)19(26)11-29-20(27)16-5-7-17(8-6-16)24-12-21-22-23-24/h5-9,12,14H,10-11H2,1-4H3/t14-/m1/s1. The van der Waals surface area contributed by atoms with Crippen LogP contribution in [0.15, 0.2) is 36.7 Å². The number of hydrogen-bond donors (Lipinski definition) is 0. The Labute approximate surface area is 168 Å². The molecular formula is C20H23N5O4. The molecule has 0 aliphatic heterocycles. The molecule has 0 aliphatic carbocycles. The SMILES string of the molecule is COC[C@@H](C)n1c(C)cc(C(=O)COC(=O)c2ccc(-n3cnnn3)cc2)c1C. The van der Waals surface area contributed by atoms with Crippen LogP contribution in [-0.4, -0.2) is 56.9 Å². The number of benzene rings is 1. The summed E-state index contributed by atoms with van der Waals surface area (Å²) in [6.45, 7) is 6.06. The molecule has 152 valence electrons. The summed E-state index contributed by atoms with van der Waals surface area (Å²) in [5, 5.41) is 10.9. The summed E-state index contributed by atoms with van der Waals surface area (Å²) in [7, 11) is 1.64. The van der Waals surface area contributed by atoms with Gasteiger partial charge in [0.25, 0.3) is 0 Å². The Morgan fingerprint density at radius 1 is 1.17 bits per heavy atom. The van der Waals surface area contributed by atoms with E-state index in [2.05, 4.69) is 20.1 Å². The fourth-order valence-electron chi connectivity index (χ4n) is 3.38. The number of aromatic nitrogens is 5. The number of esters is 1. The van der Waals surface area contributed by atoms with Crippen LogP contribution >= 0.6 is 0 Å². The third-order valence-corrected chi connectivity index (χ3v) is 4.68. The summed E-state index contributed by atoms with van der Waals surface area (Å²) in [5.74, 6) is -0.809. The van der Waals surface area contributed by atoms with Crippen molar-refractivity contribution in [3.8, 4) is 5.69 Å². The predicted molar refractivity (Wildman–Crippen MR) is 104 cm³/mol. The first-order chi connectivity index (χ1) is 13.9. The molecule has 0 unspecified atom stereocenters. The number of carbonyl (C=O) groups excluding carboxylic acids is 2. The van der Waals surface area contributed by atoms with Crippen LogP contribution in [0.5, 0.6) is 0 Å². The molecule has 2 aromatic heterocycles. The lowest BCUT2D eigenvalue weighted by molar-refractivity contribution is 0.0474. The Kier molecular flexibility index (Phi) is 6.18. The molecule has 9 heteroatoms. The van der Waals surface area contributed by atoms with Gasteiger partial charge in [0.15, 0.2) is 6.61 Å². The van der Waals surface area contributed by atoms with Crippen LogP contribution in [0.4, 0.5) is 0 Å². The fraction of sp³-hybridized carbons (Fsp3) is 0.350. The molecule has 0 fully saturated rings. The minimum Gasteiger partial charge on any atom is -0.454 e. The van der Waals surface area contributed by atoms with Gasteiger partial charge in [-0.2, -0.15) is 0 Å². The number of rotatable bonds is 8. The molecule has 29 heavy (non-hydrogen) atoms. The molecule has 3 aromatic rings. The summed E-state index contributed by atoms with van der Waals surface area (Å²) in [4.78, 5) is 24.9. The van der Waals surface area contributed by atoms with Gasteiger partial charge in [-0.25, -0.2) is 9.48 Å². The number of ketones is 1. The van der Waals surface area contributed by atoms with Crippen molar-refractivity contribution in [2.45, 2.75) is 26.8 Å². The molecule has 0 saturated heterocycles. The zero-order valence-corrected chi connectivity index (χ0v) is 16.8. The number of Topliss-reactive ketones (excluding diaryl/α,β-unsaturated/α-hetero) is 1. The van der Waals surface area contributed by atoms with Crippen molar-refractivity contribution < 1.29 is 19.1 Å². The van der Waals surface area contributed by atoms with Crippen LogP contribution in [0.1, 0.15) is 45.1 Å². The highest BCUT2D eigenvalue weighted by Gasteiger charge is 2.20. The van der Waals surface area contributed by atoms with Crippen molar-refractivity contribution in [3.63, 3.8) is 0 Å². The van der Waals surface area contributed by atoms with Crippen LogP contribution in [-0.2, 0) is 9.47 Å². The van der Waals surface area contributed by atoms with E-state index < -0.39 is 5.97 Å². The highest BCUT2D eigenvalue weighted by molar-refractivity contribution is 6.00. The van der Waals surface area contributed by atoms with Crippen molar-refractivity contribution in [1.29, 1.82) is 0 Å². The van der Waals surface area contributed by atoms with Gasteiger partial charge < -0.3 is 14.0 Å². The average Bonchev–Trinajstić information content (AvgIpc) is 3.34. The number of ether oxygens (including phenoxy) is 2. The number of nitrogens with zero attached hydrogens (tertiary/aromatic N) is 5. The van der Waals surface area contributed by atoms with E-state index in [4.69, 9.17) is 9.47 Å². The van der Waals surface area contributed by atoms with Gasteiger partial charge in [-0.1, -0.05) is 0 Å². The van der Waals surface area contributed by atoms with E-state index in [-0.39, 0.29) is 18.4 Å². The van der Waals surface area contributed by atoms with Gasteiger partial charge in [0.2, 0.25) is 5.78 Å². The summed E-state index contributed by atoms with van der Waals surface area (Å²) >= 11 is 0. The molecule has 0 amide bonds. The maximum atomic E-state index is 12.6. The fourth-order valence-corrected chi connectivity index (χ4v) is 3.38. The molecule has 1 aromatic carbocycles. The largest absolute Gasteiger partial charge is 0.454 e. The Bertz CT molecular complexity index is 993.